The molecule has 15 heavy (non-hydrogen) atoms. The standard InChI is InChI=1S/C12H18ClNS/c1-8-2-3-10(14)6-9(8)7-12-11(13)4-5-15-12/h4-5,8-10H,2-3,6-7,14H2,1H3. The molecule has 1 fully saturated rings. The number of halogens is 1. The van der Waals surface area contributed by atoms with Crippen molar-refractivity contribution in [3.63, 3.8) is 0 Å². The summed E-state index contributed by atoms with van der Waals surface area (Å²) in [5.41, 5.74) is 6.02. The van der Waals surface area contributed by atoms with Crippen molar-refractivity contribution < 1.29 is 0 Å². The molecular weight excluding hydrogens is 226 g/mol. The first-order chi connectivity index (χ1) is 7.16. The van der Waals surface area contributed by atoms with E-state index < -0.39 is 0 Å². The van der Waals surface area contributed by atoms with Gasteiger partial charge in [-0.3, -0.25) is 0 Å². The van der Waals surface area contributed by atoms with Crippen LogP contribution in [0.4, 0.5) is 0 Å². The predicted octanol–water partition coefficient (Wildman–Crippen LogP) is 3.71. The zero-order valence-corrected chi connectivity index (χ0v) is 10.7. The minimum Gasteiger partial charge on any atom is -0.328 e. The van der Waals surface area contributed by atoms with Crippen LogP contribution >= 0.6 is 22.9 Å². The van der Waals surface area contributed by atoms with E-state index in [1.807, 2.05) is 6.07 Å². The fraction of sp³-hybridized carbons (Fsp3) is 0.667. The lowest BCUT2D eigenvalue weighted by Crippen LogP contribution is -2.33. The van der Waals surface area contributed by atoms with E-state index in [0.717, 1.165) is 29.7 Å². The first-order valence-corrected chi connectivity index (χ1v) is 6.90. The van der Waals surface area contributed by atoms with Crippen molar-refractivity contribution in [3.05, 3.63) is 21.3 Å². The van der Waals surface area contributed by atoms with Crippen molar-refractivity contribution in [2.45, 2.75) is 38.6 Å². The third-order valence-electron chi connectivity index (χ3n) is 3.54. The maximum Gasteiger partial charge on any atom is 0.0545 e. The molecular formula is C12H18ClNS. The molecule has 0 bridgehead atoms. The lowest BCUT2D eigenvalue weighted by atomic mass is 9.76. The van der Waals surface area contributed by atoms with Gasteiger partial charge in [0, 0.05) is 10.9 Å². The highest BCUT2D eigenvalue weighted by Crippen LogP contribution is 2.34. The number of hydrogen-bond donors (Lipinski definition) is 1. The fourth-order valence-electron chi connectivity index (χ4n) is 2.45. The van der Waals surface area contributed by atoms with Crippen LogP contribution in [0.3, 0.4) is 0 Å². The molecule has 3 atom stereocenters. The van der Waals surface area contributed by atoms with Crippen molar-refractivity contribution in [2.75, 3.05) is 0 Å². The quantitative estimate of drug-likeness (QED) is 0.842. The number of hydrogen-bond acceptors (Lipinski definition) is 2. The third-order valence-corrected chi connectivity index (χ3v) is 4.95. The predicted molar refractivity (Wildman–Crippen MR) is 67.5 cm³/mol. The third kappa shape index (κ3) is 2.74. The Balaban J connectivity index is 2.01. The van der Waals surface area contributed by atoms with Gasteiger partial charge in [-0.05, 0) is 49.0 Å². The van der Waals surface area contributed by atoms with Gasteiger partial charge in [-0.15, -0.1) is 11.3 Å². The molecule has 0 radical (unpaired) electrons. The van der Waals surface area contributed by atoms with Gasteiger partial charge in [0.15, 0.2) is 0 Å². The SMILES string of the molecule is CC1CCC(N)CC1Cc1sccc1Cl. The van der Waals surface area contributed by atoms with Gasteiger partial charge < -0.3 is 5.73 Å². The molecule has 0 aromatic carbocycles. The van der Waals surface area contributed by atoms with Gasteiger partial charge in [-0.1, -0.05) is 18.5 Å². The molecule has 1 saturated carbocycles. The Morgan fingerprint density at radius 1 is 1.53 bits per heavy atom. The minimum absolute atomic E-state index is 0.407. The van der Waals surface area contributed by atoms with Gasteiger partial charge in [-0.2, -0.15) is 0 Å². The van der Waals surface area contributed by atoms with E-state index in [2.05, 4.69) is 12.3 Å². The highest BCUT2D eigenvalue weighted by atomic mass is 35.5. The molecule has 1 aromatic heterocycles. The molecule has 1 heterocycles. The summed E-state index contributed by atoms with van der Waals surface area (Å²) in [6, 6.07) is 2.40. The van der Waals surface area contributed by atoms with E-state index >= 15 is 0 Å². The molecule has 2 rings (SSSR count). The van der Waals surface area contributed by atoms with Crippen LogP contribution in [0.5, 0.6) is 0 Å². The summed E-state index contributed by atoms with van der Waals surface area (Å²) in [5, 5.41) is 3.01. The molecule has 3 heteroatoms. The zero-order valence-electron chi connectivity index (χ0n) is 9.08. The Hall–Kier alpha value is -0.0500. The van der Waals surface area contributed by atoms with E-state index in [1.54, 1.807) is 11.3 Å². The Morgan fingerprint density at radius 2 is 2.33 bits per heavy atom. The molecule has 1 aromatic rings. The normalized spacial score (nSPS) is 31.8. The van der Waals surface area contributed by atoms with E-state index in [9.17, 15) is 0 Å². The smallest absolute Gasteiger partial charge is 0.0545 e. The van der Waals surface area contributed by atoms with E-state index in [1.165, 1.54) is 17.7 Å². The summed E-state index contributed by atoms with van der Waals surface area (Å²) in [6.45, 7) is 2.35. The maximum atomic E-state index is 6.12. The molecule has 1 aliphatic carbocycles. The van der Waals surface area contributed by atoms with Crippen LogP contribution in [-0.4, -0.2) is 6.04 Å². The van der Waals surface area contributed by atoms with Crippen LogP contribution in [-0.2, 0) is 6.42 Å². The molecule has 1 aliphatic rings. The summed E-state index contributed by atoms with van der Waals surface area (Å²) in [4.78, 5) is 1.34. The number of rotatable bonds is 2. The molecule has 84 valence electrons. The second-order valence-corrected chi connectivity index (χ2v) is 6.11. The van der Waals surface area contributed by atoms with Crippen LogP contribution in [0.1, 0.15) is 31.1 Å². The average molecular weight is 244 g/mol. The molecule has 0 spiro atoms. The monoisotopic (exact) mass is 243 g/mol. The summed E-state index contributed by atoms with van der Waals surface area (Å²) < 4.78 is 0. The van der Waals surface area contributed by atoms with Gasteiger partial charge in [0.2, 0.25) is 0 Å². The van der Waals surface area contributed by atoms with Gasteiger partial charge >= 0.3 is 0 Å². The summed E-state index contributed by atoms with van der Waals surface area (Å²) >= 11 is 7.90. The zero-order chi connectivity index (χ0) is 10.8. The van der Waals surface area contributed by atoms with Crippen molar-refractivity contribution in [2.24, 2.45) is 17.6 Å². The first kappa shape index (κ1) is 11.4. The fourth-order valence-corrected chi connectivity index (χ4v) is 3.65. The average Bonchev–Trinajstić information content (AvgIpc) is 2.58. The van der Waals surface area contributed by atoms with Crippen LogP contribution in [0.2, 0.25) is 5.02 Å². The van der Waals surface area contributed by atoms with E-state index in [-0.39, 0.29) is 0 Å². The Bertz CT molecular complexity index is 323. The topological polar surface area (TPSA) is 26.0 Å². The van der Waals surface area contributed by atoms with Gasteiger partial charge in [0.25, 0.3) is 0 Å². The maximum absolute atomic E-state index is 6.12. The lowest BCUT2D eigenvalue weighted by molar-refractivity contribution is 0.232. The molecule has 1 nitrogen and oxygen atoms in total. The highest BCUT2D eigenvalue weighted by molar-refractivity contribution is 7.10. The number of nitrogens with two attached hydrogens (primary N) is 1. The second kappa shape index (κ2) is 4.86. The van der Waals surface area contributed by atoms with Gasteiger partial charge in [0.05, 0.1) is 5.02 Å². The van der Waals surface area contributed by atoms with Crippen molar-refractivity contribution in [1.29, 1.82) is 0 Å². The molecule has 0 saturated heterocycles. The Morgan fingerprint density at radius 3 is 3.00 bits per heavy atom. The molecule has 0 amide bonds. The van der Waals surface area contributed by atoms with Crippen LogP contribution in [0, 0.1) is 11.8 Å². The van der Waals surface area contributed by atoms with Crippen molar-refractivity contribution >= 4 is 22.9 Å². The first-order valence-electron chi connectivity index (χ1n) is 5.64. The Kier molecular flexibility index (Phi) is 3.70. The van der Waals surface area contributed by atoms with Crippen molar-refractivity contribution in [1.82, 2.24) is 0 Å². The Labute approximate surface area is 101 Å². The van der Waals surface area contributed by atoms with Crippen molar-refractivity contribution in [3.8, 4) is 0 Å². The highest BCUT2D eigenvalue weighted by Gasteiger charge is 2.26. The summed E-state index contributed by atoms with van der Waals surface area (Å²) in [5.74, 6) is 1.52. The van der Waals surface area contributed by atoms with Crippen LogP contribution < -0.4 is 5.73 Å². The van der Waals surface area contributed by atoms with Gasteiger partial charge in [-0.25, -0.2) is 0 Å². The van der Waals surface area contributed by atoms with Gasteiger partial charge in [0.1, 0.15) is 0 Å². The van der Waals surface area contributed by atoms with E-state index in [4.69, 9.17) is 17.3 Å². The van der Waals surface area contributed by atoms with Crippen LogP contribution in [0.25, 0.3) is 0 Å². The number of thiophene rings is 1. The molecule has 0 aliphatic heterocycles. The second-order valence-electron chi connectivity index (χ2n) is 4.71. The minimum atomic E-state index is 0.407. The summed E-state index contributed by atoms with van der Waals surface area (Å²) in [6.07, 6.45) is 4.74. The molecule has 3 unspecified atom stereocenters. The van der Waals surface area contributed by atoms with E-state index in [0.29, 0.717) is 6.04 Å². The lowest BCUT2D eigenvalue weighted by Gasteiger charge is -2.32. The largest absolute Gasteiger partial charge is 0.328 e. The molecule has 2 N–H and O–H groups in total. The summed E-state index contributed by atoms with van der Waals surface area (Å²) in [7, 11) is 0. The van der Waals surface area contributed by atoms with Crippen LogP contribution in [0.15, 0.2) is 11.4 Å².